The molecular weight excluding hydrogens is 279 g/mol. The fourth-order valence-corrected chi connectivity index (χ4v) is 2.07. The van der Waals surface area contributed by atoms with Crippen LogP contribution in [0.5, 0.6) is 5.75 Å². The number of carbonyl (C=O) groups excluding carboxylic acids is 1. The highest BCUT2D eigenvalue weighted by Crippen LogP contribution is 2.17. The third-order valence-electron chi connectivity index (χ3n) is 2.92. The average Bonchev–Trinajstić information content (AvgIpc) is 2.43. The van der Waals surface area contributed by atoms with Crippen molar-refractivity contribution in [2.45, 2.75) is 12.8 Å². The molecule has 104 valence electrons. The molecule has 2 nitrogen and oxygen atoms in total. The lowest BCUT2D eigenvalue weighted by atomic mass is 10.0. The summed E-state index contributed by atoms with van der Waals surface area (Å²) in [6, 6.07) is 11.8. The molecule has 0 N–H and O–H groups in total. The molecule has 0 aliphatic rings. The van der Waals surface area contributed by atoms with Crippen LogP contribution in [0.25, 0.3) is 0 Å². The van der Waals surface area contributed by atoms with Crippen molar-refractivity contribution in [2.75, 3.05) is 7.11 Å². The standard InChI is InChI=1S/C16H14ClFO2/c1-20-14-4-2-3-11(9-14)7-13(19)8-12-5-6-15(17)16(18)10-12/h2-6,9-10H,7-8H2,1H3. The summed E-state index contributed by atoms with van der Waals surface area (Å²) in [5.41, 5.74) is 1.50. The van der Waals surface area contributed by atoms with Gasteiger partial charge in [0, 0.05) is 12.8 Å². The molecule has 0 heterocycles. The molecule has 0 bridgehead atoms. The third-order valence-corrected chi connectivity index (χ3v) is 3.23. The van der Waals surface area contributed by atoms with E-state index >= 15 is 0 Å². The largest absolute Gasteiger partial charge is 0.497 e. The van der Waals surface area contributed by atoms with Gasteiger partial charge in [0.25, 0.3) is 0 Å². The smallest absolute Gasteiger partial charge is 0.142 e. The highest BCUT2D eigenvalue weighted by Gasteiger charge is 2.08. The lowest BCUT2D eigenvalue weighted by Crippen LogP contribution is -2.07. The van der Waals surface area contributed by atoms with Crippen LogP contribution in [0.4, 0.5) is 4.39 Å². The first-order chi connectivity index (χ1) is 9.58. The maximum Gasteiger partial charge on any atom is 0.142 e. The second kappa shape index (κ2) is 6.53. The van der Waals surface area contributed by atoms with E-state index in [1.54, 1.807) is 13.2 Å². The minimum absolute atomic E-state index is 0.0139. The fraction of sp³-hybridized carbons (Fsp3) is 0.188. The second-order valence-corrected chi connectivity index (χ2v) is 4.90. The van der Waals surface area contributed by atoms with Crippen LogP contribution >= 0.6 is 11.6 Å². The van der Waals surface area contributed by atoms with Gasteiger partial charge >= 0.3 is 0 Å². The SMILES string of the molecule is COc1cccc(CC(=O)Cc2ccc(Cl)c(F)c2)c1. The number of hydrogen-bond donors (Lipinski definition) is 0. The van der Waals surface area contributed by atoms with E-state index in [1.165, 1.54) is 12.1 Å². The van der Waals surface area contributed by atoms with Crippen LogP contribution in [0.15, 0.2) is 42.5 Å². The molecule has 2 aromatic rings. The number of methoxy groups -OCH3 is 1. The minimum Gasteiger partial charge on any atom is -0.497 e. The Bertz CT molecular complexity index is 626. The molecule has 0 spiro atoms. The maximum atomic E-state index is 13.3. The molecule has 2 rings (SSSR count). The number of hydrogen-bond acceptors (Lipinski definition) is 2. The zero-order chi connectivity index (χ0) is 14.5. The Balaban J connectivity index is 2.03. The molecule has 4 heteroatoms. The van der Waals surface area contributed by atoms with E-state index in [0.29, 0.717) is 17.7 Å². The van der Waals surface area contributed by atoms with Crippen molar-refractivity contribution in [2.24, 2.45) is 0 Å². The summed E-state index contributed by atoms with van der Waals surface area (Å²) in [6.45, 7) is 0. The Morgan fingerprint density at radius 3 is 2.50 bits per heavy atom. The van der Waals surface area contributed by atoms with Crippen LogP contribution in [0, 0.1) is 5.82 Å². The lowest BCUT2D eigenvalue weighted by Gasteiger charge is -2.05. The highest BCUT2D eigenvalue weighted by atomic mass is 35.5. The van der Waals surface area contributed by atoms with E-state index in [-0.39, 0.29) is 17.2 Å². The number of benzene rings is 2. The Kier molecular flexibility index (Phi) is 4.74. The Labute approximate surface area is 122 Å². The quantitative estimate of drug-likeness (QED) is 0.837. The summed E-state index contributed by atoms with van der Waals surface area (Å²) in [5.74, 6) is 0.228. The van der Waals surface area contributed by atoms with Gasteiger partial charge in [-0.15, -0.1) is 0 Å². The number of ketones is 1. The Hall–Kier alpha value is -1.87. The Morgan fingerprint density at radius 2 is 1.85 bits per heavy atom. The van der Waals surface area contributed by atoms with Crippen LogP contribution in [-0.2, 0) is 17.6 Å². The monoisotopic (exact) mass is 292 g/mol. The molecule has 20 heavy (non-hydrogen) atoms. The summed E-state index contributed by atoms with van der Waals surface area (Å²) in [7, 11) is 1.58. The van der Waals surface area contributed by atoms with Gasteiger partial charge in [-0.25, -0.2) is 4.39 Å². The number of halogens is 2. The second-order valence-electron chi connectivity index (χ2n) is 4.49. The van der Waals surface area contributed by atoms with E-state index in [4.69, 9.17) is 16.3 Å². The van der Waals surface area contributed by atoms with Crippen molar-refractivity contribution < 1.29 is 13.9 Å². The van der Waals surface area contributed by atoms with Crippen molar-refractivity contribution in [1.29, 1.82) is 0 Å². The van der Waals surface area contributed by atoms with Crippen LogP contribution in [0.2, 0.25) is 5.02 Å². The Morgan fingerprint density at radius 1 is 1.15 bits per heavy atom. The first-order valence-corrected chi connectivity index (χ1v) is 6.55. The van der Waals surface area contributed by atoms with Crippen LogP contribution in [0.1, 0.15) is 11.1 Å². The fourth-order valence-electron chi connectivity index (χ4n) is 1.95. The van der Waals surface area contributed by atoms with Gasteiger partial charge < -0.3 is 4.74 Å². The van der Waals surface area contributed by atoms with Gasteiger partial charge in [0.1, 0.15) is 17.3 Å². The molecule has 0 fully saturated rings. The molecule has 0 unspecified atom stereocenters. The van der Waals surface area contributed by atoms with Gasteiger partial charge in [0.2, 0.25) is 0 Å². The summed E-state index contributed by atoms with van der Waals surface area (Å²) in [4.78, 5) is 12.0. The molecule has 0 aliphatic carbocycles. The molecule has 0 amide bonds. The van der Waals surface area contributed by atoms with Gasteiger partial charge in [-0.2, -0.15) is 0 Å². The van der Waals surface area contributed by atoms with E-state index in [0.717, 1.165) is 5.56 Å². The van der Waals surface area contributed by atoms with Crippen molar-refractivity contribution in [3.8, 4) is 5.75 Å². The van der Waals surface area contributed by atoms with Crippen molar-refractivity contribution in [3.63, 3.8) is 0 Å². The molecule has 2 aromatic carbocycles. The number of ether oxygens (including phenoxy) is 1. The third kappa shape index (κ3) is 3.81. The predicted octanol–water partition coefficient (Wildman–Crippen LogP) is 3.84. The first kappa shape index (κ1) is 14.5. The molecule has 0 saturated carbocycles. The van der Waals surface area contributed by atoms with E-state index < -0.39 is 5.82 Å². The topological polar surface area (TPSA) is 26.3 Å². The first-order valence-electron chi connectivity index (χ1n) is 6.17. The summed E-state index contributed by atoms with van der Waals surface area (Å²) in [5, 5.41) is 0.0639. The summed E-state index contributed by atoms with van der Waals surface area (Å²) >= 11 is 5.61. The zero-order valence-electron chi connectivity index (χ0n) is 11.0. The maximum absolute atomic E-state index is 13.3. The number of Topliss-reactive ketones (excluding diaryl/α,β-unsaturated/α-hetero) is 1. The van der Waals surface area contributed by atoms with Crippen LogP contribution in [0.3, 0.4) is 0 Å². The molecule has 0 aliphatic heterocycles. The average molecular weight is 293 g/mol. The van der Waals surface area contributed by atoms with E-state index in [2.05, 4.69) is 0 Å². The number of rotatable bonds is 5. The molecule has 0 atom stereocenters. The summed E-state index contributed by atoms with van der Waals surface area (Å²) in [6.07, 6.45) is 0.479. The summed E-state index contributed by atoms with van der Waals surface area (Å²) < 4.78 is 18.4. The minimum atomic E-state index is -0.502. The normalized spacial score (nSPS) is 10.3. The number of carbonyl (C=O) groups is 1. The molecule has 0 radical (unpaired) electrons. The highest BCUT2D eigenvalue weighted by molar-refractivity contribution is 6.30. The van der Waals surface area contributed by atoms with Gasteiger partial charge in [-0.05, 0) is 35.4 Å². The molecule has 0 aromatic heterocycles. The van der Waals surface area contributed by atoms with Crippen LogP contribution < -0.4 is 4.74 Å². The van der Waals surface area contributed by atoms with Crippen molar-refractivity contribution >= 4 is 17.4 Å². The van der Waals surface area contributed by atoms with Gasteiger partial charge in [0.15, 0.2) is 0 Å². The van der Waals surface area contributed by atoms with Gasteiger partial charge in [0.05, 0.1) is 12.1 Å². The molecule has 0 saturated heterocycles. The van der Waals surface area contributed by atoms with E-state index in [9.17, 15) is 9.18 Å². The molecular formula is C16H14ClFO2. The van der Waals surface area contributed by atoms with E-state index in [1.807, 2.05) is 24.3 Å². The van der Waals surface area contributed by atoms with Gasteiger partial charge in [-0.1, -0.05) is 29.8 Å². The van der Waals surface area contributed by atoms with Crippen molar-refractivity contribution in [3.05, 3.63) is 64.4 Å². The van der Waals surface area contributed by atoms with Crippen molar-refractivity contribution in [1.82, 2.24) is 0 Å². The zero-order valence-corrected chi connectivity index (χ0v) is 11.8. The lowest BCUT2D eigenvalue weighted by molar-refractivity contribution is -0.117. The predicted molar refractivity (Wildman–Crippen MR) is 76.8 cm³/mol. The van der Waals surface area contributed by atoms with Crippen LogP contribution in [-0.4, -0.2) is 12.9 Å². The van der Waals surface area contributed by atoms with Gasteiger partial charge in [-0.3, -0.25) is 4.79 Å².